The smallest absolute Gasteiger partial charge is 0.327 e. The second kappa shape index (κ2) is 6.41. The lowest BCUT2D eigenvalue weighted by Crippen LogP contribution is -1.99. The SMILES string of the molecule is CC(C)=CC(C)CC(C)/C=C/C(=O)O. The number of hydrogen-bond acceptors (Lipinski definition) is 1. The zero-order valence-corrected chi connectivity index (χ0v) is 9.45. The third-order valence-electron chi connectivity index (χ3n) is 1.93. The van der Waals surface area contributed by atoms with Crippen LogP contribution < -0.4 is 0 Å². The van der Waals surface area contributed by atoms with Gasteiger partial charge in [0.2, 0.25) is 0 Å². The van der Waals surface area contributed by atoms with Crippen LogP contribution in [-0.2, 0) is 4.79 Å². The van der Waals surface area contributed by atoms with Gasteiger partial charge >= 0.3 is 5.97 Å². The second-order valence-electron chi connectivity index (χ2n) is 4.13. The minimum Gasteiger partial charge on any atom is -0.478 e. The Kier molecular flexibility index (Phi) is 5.93. The van der Waals surface area contributed by atoms with Crippen LogP contribution in [-0.4, -0.2) is 11.1 Å². The van der Waals surface area contributed by atoms with E-state index in [9.17, 15) is 4.79 Å². The van der Waals surface area contributed by atoms with E-state index in [0.29, 0.717) is 11.8 Å². The van der Waals surface area contributed by atoms with Crippen molar-refractivity contribution in [2.75, 3.05) is 0 Å². The normalized spacial score (nSPS) is 15.1. The van der Waals surface area contributed by atoms with Crippen LogP contribution in [0.1, 0.15) is 34.1 Å². The minimum absolute atomic E-state index is 0.316. The van der Waals surface area contributed by atoms with Crippen molar-refractivity contribution < 1.29 is 9.90 Å². The molecule has 2 unspecified atom stereocenters. The largest absolute Gasteiger partial charge is 0.478 e. The fourth-order valence-corrected chi connectivity index (χ4v) is 1.55. The first kappa shape index (κ1) is 12.9. The van der Waals surface area contributed by atoms with Crippen molar-refractivity contribution in [3.63, 3.8) is 0 Å². The first-order valence-electron chi connectivity index (χ1n) is 4.98. The Morgan fingerprint density at radius 3 is 2.29 bits per heavy atom. The first-order chi connectivity index (χ1) is 6.41. The highest BCUT2D eigenvalue weighted by Gasteiger charge is 2.03. The van der Waals surface area contributed by atoms with Gasteiger partial charge in [-0.2, -0.15) is 0 Å². The van der Waals surface area contributed by atoms with Crippen molar-refractivity contribution in [2.45, 2.75) is 34.1 Å². The molecule has 0 amide bonds. The van der Waals surface area contributed by atoms with Crippen LogP contribution in [0.5, 0.6) is 0 Å². The number of carbonyl (C=O) groups is 1. The predicted octanol–water partition coefficient (Wildman–Crippen LogP) is 3.26. The van der Waals surface area contributed by atoms with Gasteiger partial charge in [0.15, 0.2) is 0 Å². The maximum atomic E-state index is 10.3. The van der Waals surface area contributed by atoms with E-state index in [2.05, 4.69) is 26.8 Å². The molecule has 0 heterocycles. The van der Waals surface area contributed by atoms with Gasteiger partial charge in [0.25, 0.3) is 0 Å². The predicted molar refractivity (Wildman–Crippen MR) is 59.2 cm³/mol. The molecule has 0 aromatic rings. The molecule has 0 aliphatic rings. The van der Waals surface area contributed by atoms with E-state index in [1.54, 1.807) is 6.08 Å². The summed E-state index contributed by atoms with van der Waals surface area (Å²) >= 11 is 0. The summed E-state index contributed by atoms with van der Waals surface area (Å²) in [6, 6.07) is 0. The van der Waals surface area contributed by atoms with Crippen molar-refractivity contribution >= 4 is 5.97 Å². The van der Waals surface area contributed by atoms with E-state index in [1.165, 1.54) is 11.6 Å². The molecule has 0 saturated carbocycles. The quantitative estimate of drug-likeness (QED) is 0.541. The number of carboxylic acids is 1. The Morgan fingerprint density at radius 2 is 1.86 bits per heavy atom. The fourth-order valence-electron chi connectivity index (χ4n) is 1.55. The fraction of sp³-hybridized carbons (Fsp3) is 0.583. The van der Waals surface area contributed by atoms with E-state index >= 15 is 0 Å². The van der Waals surface area contributed by atoms with Gasteiger partial charge in [-0.25, -0.2) is 4.79 Å². The molecule has 0 saturated heterocycles. The topological polar surface area (TPSA) is 37.3 Å². The summed E-state index contributed by atoms with van der Waals surface area (Å²) in [5.74, 6) is -0.0446. The second-order valence-corrected chi connectivity index (χ2v) is 4.13. The lowest BCUT2D eigenvalue weighted by molar-refractivity contribution is -0.131. The van der Waals surface area contributed by atoms with Crippen molar-refractivity contribution in [1.29, 1.82) is 0 Å². The molecule has 0 aromatic heterocycles. The molecule has 0 aliphatic heterocycles. The summed E-state index contributed by atoms with van der Waals surface area (Å²) in [7, 11) is 0. The summed E-state index contributed by atoms with van der Waals surface area (Å²) in [6.07, 6.45) is 6.18. The molecule has 2 atom stereocenters. The molecule has 0 spiro atoms. The summed E-state index contributed by atoms with van der Waals surface area (Å²) in [5, 5.41) is 8.44. The summed E-state index contributed by atoms with van der Waals surface area (Å²) in [4.78, 5) is 10.3. The Balaban J connectivity index is 4.00. The van der Waals surface area contributed by atoms with Gasteiger partial charge < -0.3 is 5.11 Å². The van der Waals surface area contributed by atoms with Crippen molar-refractivity contribution in [1.82, 2.24) is 0 Å². The highest BCUT2D eigenvalue weighted by atomic mass is 16.4. The highest BCUT2D eigenvalue weighted by Crippen LogP contribution is 2.15. The van der Waals surface area contributed by atoms with E-state index in [4.69, 9.17) is 5.11 Å². The summed E-state index contributed by atoms with van der Waals surface area (Å²) in [6.45, 7) is 8.34. The maximum Gasteiger partial charge on any atom is 0.327 e. The van der Waals surface area contributed by atoms with E-state index < -0.39 is 5.97 Å². The van der Waals surface area contributed by atoms with Crippen LogP contribution in [0.2, 0.25) is 0 Å². The number of aliphatic carboxylic acids is 1. The number of carboxylic acid groups (broad SMARTS) is 1. The van der Waals surface area contributed by atoms with Crippen LogP contribution in [0.15, 0.2) is 23.8 Å². The average molecular weight is 196 g/mol. The minimum atomic E-state index is -0.869. The lowest BCUT2D eigenvalue weighted by Gasteiger charge is -2.10. The van der Waals surface area contributed by atoms with Crippen LogP contribution in [0, 0.1) is 11.8 Å². The highest BCUT2D eigenvalue weighted by molar-refractivity contribution is 5.79. The molecule has 0 aliphatic carbocycles. The monoisotopic (exact) mass is 196 g/mol. The van der Waals surface area contributed by atoms with Crippen LogP contribution in [0.4, 0.5) is 0 Å². The van der Waals surface area contributed by atoms with Gasteiger partial charge in [0.1, 0.15) is 0 Å². The number of hydrogen-bond donors (Lipinski definition) is 1. The molecule has 0 aromatic carbocycles. The molecule has 2 heteroatoms. The third kappa shape index (κ3) is 7.59. The van der Waals surface area contributed by atoms with Gasteiger partial charge in [-0.3, -0.25) is 0 Å². The molecule has 0 fully saturated rings. The van der Waals surface area contributed by atoms with E-state index in [1.807, 2.05) is 6.92 Å². The van der Waals surface area contributed by atoms with Crippen molar-refractivity contribution in [3.8, 4) is 0 Å². The number of rotatable bonds is 5. The van der Waals surface area contributed by atoms with Gasteiger partial charge in [0.05, 0.1) is 0 Å². The van der Waals surface area contributed by atoms with E-state index in [0.717, 1.165) is 6.42 Å². The maximum absolute atomic E-state index is 10.3. The molecule has 0 radical (unpaired) electrons. The lowest BCUT2D eigenvalue weighted by atomic mass is 9.95. The molecule has 2 nitrogen and oxygen atoms in total. The molecule has 0 bridgehead atoms. The standard InChI is InChI=1S/C12H20O2/c1-9(2)7-11(4)8-10(3)5-6-12(13)14/h5-7,10-11H,8H2,1-4H3,(H,13,14)/b6-5+. The summed E-state index contributed by atoms with van der Waals surface area (Å²) < 4.78 is 0. The molecular weight excluding hydrogens is 176 g/mol. The van der Waals surface area contributed by atoms with Gasteiger partial charge in [-0.15, -0.1) is 0 Å². The molecule has 14 heavy (non-hydrogen) atoms. The van der Waals surface area contributed by atoms with Gasteiger partial charge in [-0.05, 0) is 32.1 Å². The van der Waals surface area contributed by atoms with Crippen LogP contribution in [0.25, 0.3) is 0 Å². The molecule has 0 rings (SSSR count). The molecule has 80 valence electrons. The molecular formula is C12H20O2. The number of allylic oxidation sites excluding steroid dienone is 3. The Labute approximate surface area is 86.3 Å². The Bertz CT molecular complexity index is 235. The van der Waals surface area contributed by atoms with Crippen molar-refractivity contribution in [3.05, 3.63) is 23.8 Å². The van der Waals surface area contributed by atoms with Crippen LogP contribution in [0.3, 0.4) is 0 Å². The zero-order valence-electron chi connectivity index (χ0n) is 9.45. The molecule has 1 N–H and O–H groups in total. The summed E-state index contributed by atoms with van der Waals surface area (Å²) in [5.41, 5.74) is 1.31. The Hall–Kier alpha value is -1.05. The third-order valence-corrected chi connectivity index (χ3v) is 1.93. The average Bonchev–Trinajstić information content (AvgIpc) is 1.98. The zero-order chi connectivity index (χ0) is 11.1. The van der Waals surface area contributed by atoms with E-state index in [-0.39, 0.29) is 0 Å². The van der Waals surface area contributed by atoms with Crippen molar-refractivity contribution in [2.24, 2.45) is 11.8 Å². The Morgan fingerprint density at radius 1 is 1.29 bits per heavy atom. The van der Waals surface area contributed by atoms with Crippen LogP contribution >= 0.6 is 0 Å². The van der Waals surface area contributed by atoms with Gasteiger partial charge in [0, 0.05) is 6.08 Å². The first-order valence-corrected chi connectivity index (χ1v) is 4.98. The van der Waals surface area contributed by atoms with Gasteiger partial charge in [-0.1, -0.05) is 31.6 Å².